The fraction of sp³-hybridized carbons (Fsp3) is 0.154. The van der Waals surface area contributed by atoms with E-state index in [9.17, 15) is 9.18 Å². The lowest BCUT2D eigenvalue weighted by Crippen LogP contribution is -2.31. The molecule has 1 atom stereocenters. The monoisotopic (exact) mass is 439 g/mol. The highest BCUT2D eigenvalue weighted by Gasteiger charge is 2.33. The van der Waals surface area contributed by atoms with Gasteiger partial charge in [-0.15, -0.1) is 0 Å². The Morgan fingerprint density at radius 2 is 1.79 bits per heavy atom. The molecule has 0 radical (unpaired) electrons. The first kappa shape index (κ1) is 20.8. The Labute approximate surface area is 191 Å². The Hall–Kier alpha value is -4.13. The summed E-state index contributed by atoms with van der Waals surface area (Å²) in [7, 11) is 0. The van der Waals surface area contributed by atoms with Crippen molar-refractivity contribution < 1.29 is 9.18 Å². The topological polar surface area (TPSA) is 71.0 Å². The summed E-state index contributed by atoms with van der Waals surface area (Å²) in [4.78, 5) is 28.6. The fourth-order valence-electron chi connectivity index (χ4n) is 4.08. The lowest BCUT2D eigenvalue weighted by atomic mass is 10.1. The van der Waals surface area contributed by atoms with E-state index in [0.717, 1.165) is 29.8 Å². The van der Waals surface area contributed by atoms with E-state index < -0.39 is 5.82 Å². The van der Waals surface area contributed by atoms with Crippen LogP contribution >= 0.6 is 0 Å². The van der Waals surface area contributed by atoms with Crippen LogP contribution in [0, 0.1) is 5.82 Å². The summed E-state index contributed by atoms with van der Waals surface area (Å²) in [5.74, 6) is 0.558. The molecule has 6 nitrogen and oxygen atoms in total. The second-order valence-electron chi connectivity index (χ2n) is 7.89. The molecule has 7 heteroatoms. The Bertz CT molecular complexity index is 1270. The first-order valence-corrected chi connectivity index (χ1v) is 10.9. The number of aromatic nitrogens is 3. The SMILES string of the molecule is O=C(c1cccc(F)c1)N1CCCC1c1nc(Nc2ccccc2)cc(-c2ccncc2)n1. The van der Waals surface area contributed by atoms with Crippen LogP contribution in [0.25, 0.3) is 11.3 Å². The van der Waals surface area contributed by atoms with Gasteiger partial charge in [-0.25, -0.2) is 14.4 Å². The first-order valence-electron chi connectivity index (χ1n) is 10.9. The van der Waals surface area contributed by atoms with E-state index in [1.54, 1.807) is 29.4 Å². The molecule has 1 saturated heterocycles. The molecule has 0 aliphatic carbocycles. The number of hydrogen-bond donors (Lipinski definition) is 1. The summed E-state index contributed by atoms with van der Waals surface area (Å²) in [5.41, 5.74) is 2.88. The second-order valence-corrected chi connectivity index (χ2v) is 7.89. The summed E-state index contributed by atoms with van der Waals surface area (Å²) < 4.78 is 13.7. The summed E-state index contributed by atoms with van der Waals surface area (Å²) in [5, 5.41) is 3.34. The van der Waals surface area contributed by atoms with Gasteiger partial charge in [0, 0.05) is 41.8 Å². The maximum absolute atomic E-state index is 13.7. The Morgan fingerprint density at radius 3 is 2.58 bits per heavy atom. The van der Waals surface area contributed by atoms with E-state index in [0.29, 0.717) is 23.8 Å². The zero-order valence-corrected chi connectivity index (χ0v) is 17.9. The molecule has 4 aromatic rings. The van der Waals surface area contributed by atoms with E-state index in [2.05, 4.69) is 10.3 Å². The predicted molar refractivity (Wildman–Crippen MR) is 124 cm³/mol. The lowest BCUT2D eigenvalue weighted by molar-refractivity contribution is 0.0729. The van der Waals surface area contributed by atoms with Crippen LogP contribution in [0.4, 0.5) is 15.9 Å². The largest absolute Gasteiger partial charge is 0.340 e. The predicted octanol–water partition coefficient (Wildman–Crippen LogP) is 5.40. The number of para-hydroxylation sites is 1. The number of anilines is 2. The highest BCUT2D eigenvalue weighted by molar-refractivity contribution is 5.94. The van der Waals surface area contributed by atoms with E-state index in [-0.39, 0.29) is 11.9 Å². The van der Waals surface area contributed by atoms with Crippen LogP contribution in [0.3, 0.4) is 0 Å². The molecular formula is C26H22FN5O. The molecule has 3 heterocycles. The maximum atomic E-state index is 13.7. The molecule has 5 rings (SSSR count). The lowest BCUT2D eigenvalue weighted by Gasteiger charge is -2.24. The number of hydrogen-bond acceptors (Lipinski definition) is 5. The minimum Gasteiger partial charge on any atom is -0.340 e. The summed E-state index contributed by atoms with van der Waals surface area (Å²) in [6.45, 7) is 0.574. The van der Waals surface area contributed by atoms with Gasteiger partial charge in [0.2, 0.25) is 0 Å². The van der Waals surface area contributed by atoms with E-state index in [1.165, 1.54) is 12.1 Å². The van der Waals surface area contributed by atoms with Gasteiger partial charge < -0.3 is 10.2 Å². The Kier molecular flexibility index (Phi) is 5.76. The number of carbonyl (C=O) groups excluding carboxylic acids is 1. The number of amides is 1. The number of rotatable bonds is 5. The second kappa shape index (κ2) is 9.16. The van der Waals surface area contributed by atoms with Gasteiger partial charge in [-0.3, -0.25) is 9.78 Å². The van der Waals surface area contributed by atoms with Crippen molar-refractivity contribution in [1.29, 1.82) is 0 Å². The smallest absolute Gasteiger partial charge is 0.254 e. The van der Waals surface area contributed by atoms with Crippen LogP contribution in [-0.2, 0) is 0 Å². The molecule has 0 bridgehead atoms. The minimum atomic E-state index is -0.429. The van der Waals surface area contributed by atoms with Crippen LogP contribution < -0.4 is 5.32 Å². The molecule has 0 saturated carbocycles. The van der Waals surface area contributed by atoms with Crippen molar-refractivity contribution >= 4 is 17.4 Å². The zero-order chi connectivity index (χ0) is 22.6. The third-order valence-corrected chi connectivity index (χ3v) is 5.65. The summed E-state index contributed by atoms with van der Waals surface area (Å²) in [6, 6.07) is 20.9. The standard InChI is InChI=1S/C26H22FN5O/c27-20-7-4-6-19(16-20)26(33)32-15-5-10-23(32)25-30-22(18-11-13-28-14-12-18)17-24(31-25)29-21-8-2-1-3-9-21/h1-4,6-9,11-14,16-17,23H,5,10,15H2,(H,29,30,31). The van der Waals surface area contributed by atoms with Gasteiger partial charge in [-0.05, 0) is 55.3 Å². The number of benzene rings is 2. The van der Waals surface area contributed by atoms with Crippen LogP contribution in [0.5, 0.6) is 0 Å². The molecule has 2 aromatic heterocycles. The average molecular weight is 439 g/mol. The van der Waals surface area contributed by atoms with Gasteiger partial charge in [0.25, 0.3) is 5.91 Å². The minimum absolute atomic E-state index is 0.215. The number of nitrogens with zero attached hydrogens (tertiary/aromatic N) is 4. The van der Waals surface area contributed by atoms with Gasteiger partial charge in [-0.2, -0.15) is 0 Å². The normalized spacial score (nSPS) is 15.4. The van der Waals surface area contributed by atoms with Gasteiger partial charge in [0.1, 0.15) is 11.6 Å². The average Bonchev–Trinajstić information content (AvgIpc) is 3.35. The first-order chi connectivity index (χ1) is 16.2. The molecule has 33 heavy (non-hydrogen) atoms. The maximum Gasteiger partial charge on any atom is 0.254 e. The molecule has 1 amide bonds. The highest BCUT2D eigenvalue weighted by Crippen LogP contribution is 2.33. The third-order valence-electron chi connectivity index (χ3n) is 5.65. The van der Waals surface area contributed by atoms with Crippen molar-refractivity contribution in [2.24, 2.45) is 0 Å². The molecule has 164 valence electrons. The molecular weight excluding hydrogens is 417 g/mol. The Morgan fingerprint density at radius 1 is 0.970 bits per heavy atom. The molecule has 1 unspecified atom stereocenters. The quantitative estimate of drug-likeness (QED) is 0.451. The van der Waals surface area contributed by atoms with E-state index in [1.807, 2.05) is 48.5 Å². The summed E-state index contributed by atoms with van der Waals surface area (Å²) in [6.07, 6.45) is 5.01. The summed E-state index contributed by atoms with van der Waals surface area (Å²) >= 11 is 0. The van der Waals surface area contributed by atoms with Crippen LogP contribution in [0.2, 0.25) is 0 Å². The van der Waals surface area contributed by atoms with Gasteiger partial charge in [0.15, 0.2) is 5.82 Å². The number of likely N-dealkylation sites (tertiary alicyclic amines) is 1. The molecule has 0 spiro atoms. The van der Waals surface area contributed by atoms with Crippen molar-refractivity contribution in [3.8, 4) is 11.3 Å². The molecule has 1 N–H and O–H groups in total. The number of halogens is 1. The fourth-order valence-corrected chi connectivity index (χ4v) is 4.08. The highest BCUT2D eigenvalue weighted by atomic mass is 19.1. The number of nitrogens with one attached hydrogen (secondary N) is 1. The van der Waals surface area contributed by atoms with Crippen LogP contribution in [-0.4, -0.2) is 32.3 Å². The zero-order valence-electron chi connectivity index (χ0n) is 17.9. The van der Waals surface area contributed by atoms with Gasteiger partial charge in [-0.1, -0.05) is 24.3 Å². The molecule has 1 fully saturated rings. The molecule has 1 aliphatic rings. The Balaban J connectivity index is 1.53. The van der Waals surface area contributed by atoms with Crippen molar-refractivity contribution in [3.63, 3.8) is 0 Å². The van der Waals surface area contributed by atoms with Crippen molar-refractivity contribution in [3.05, 3.63) is 102 Å². The van der Waals surface area contributed by atoms with Crippen LogP contribution in [0.15, 0.2) is 85.2 Å². The molecule has 1 aliphatic heterocycles. The van der Waals surface area contributed by atoms with E-state index >= 15 is 0 Å². The van der Waals surface area contributed by atoms with Crippen molar-refractivity contribution in [1.82, 2.24) is 19.9 Å². The number of pyridine rings is 1. The van der Waals surface area contributed by atoms with Crippen molar-refractivity contribution in [2.45, 2.75) is 18.9 Å². The number of carbonyl (C=O) groups is 1. The van der Waals surface area contributed by atoms with Gasteiger partial charge in [0.05, 0.1) is 11.7 Å². The van der Waals surface area contributed by atoms with Crippen LogP contribution in [0.1, 0.15) is 35.1 Å². The van der Waals surface area contributed by atoms with Gasteiger partial charge >= 0.3 is 0 Å². The molecule has 2 aromatic carbocycles. The third kappa shape index (κ3) is 4.57. The van der Waals surface area contributed by atoms with E-state index in [4.69, 9.17) is 9.97 Å². The van der Waals surface area contributed by atoms with Crippen molar-refractivity contribution in [2.75, 3.05) is 11.9 Å².